The molecule has 2 N–H and O–H groups in total. The van der Waals surface area contributed by atoms with Crippen molar-refractivity contribution in [1.82, 2.24) is 10.3 Å². The number of hydrogen-bond donors (Lipinski definition) is 2. The van der Waals surface area contributed by atoms with Gasteiger partial charge in [-0.3, -0.25) is 9.59 Å². The number of nitrogens with one attached hydrogen (secondary N) is 2. The van der Waals surface area contributed by atoms with E-state index in [-0.39, 0.29) is 69.9 Å². The molecule has 6 rings (SSSR count). The van der Waals surface area contributed by atoms with Gasteiger partial charge in [-0.15, -0.1) is 0 Å². The van der Waals surface area contributed by atoms with E-state index in [2.05, 4.69) is 10.3 Å². The molecule has 5 aromatic carbocycles. The Balaban J connectivity index is 1.20. The molecule has 6 aromatic rings. The van der Waals surface area contributed by atoms with E-state index in [0.29, 0.717) is 26.4 Å². The van der Waals surface area contributed by atoms with Crippen LogP contribution in [0.3, 0.4) is 0 Å². The number of esters is 1. The fraction of sp³-hybridized carbons (Fsp3) is 0.302. The summed E-state index contributed by atoms with van der Waals surface area (Å²) in [6.07, 6.45) is -1.10. The molecule has 0 saturated heterocycles. The highest BCUT2D eigenvalue weighted by Gasteiger charge is 2.25. The normalized spacial score (nSPS) is 11.3. The van der Waals surface area contributed by atoms with Gasteiger partial charge < -0.3 is 48.2 Å². The Bertz CT molecular complexity index is 2160. The summed E-state index contributed by atoms with van der Waals surface area (Å²) in [7, 11) is 0. The number of H-pyrrole nitrogens is 1. The number of carbonyl (C=O) groups is 2. The zero-order chi connectivity index (χ0) is 46.0. The number of benzene rings is 5. The number of rotatable bonds is 29. The van der Waals surface area contributed by atoms with Crippen LogP contribution in [0.4, 0.5) is 0 Å². The second-order valence-electron chi connectivity index (χ2n) is 15.3. The lowest BCUT2D eigenvalue weighted by Gasteiger charge is -2.26. The zero-order valence-corrected chi connectivity index (χ0v) is 37.2. The van der Waals surface area contributed by atoms with Crippen molar-refractivity contribution in [2.75, 3.05) is 46.2 Å². The molecule has 66 heavy (non-hydrogen) atoms. The highest BCUT2D eigenvalue weighted by molar-refractivity contribution is 5.98. The molecule has 1 amide bonds. The van der Waals surface area contributed by atoms with E-state index in [9.17, 15) is 14.4 Å². The summed E-state index contributed by atoms with van der Waals surface area (Å²) in [6.45, 7) is 3.80. The summed E-state index contributed by atoms with van der Waals surface area (Å²) in [6, 6.07) is 48.8. The van der Waals surface area contributed by atoms with Gasteiger partial charge in [0.1, 0.15) is 30.1 Å². The van der Waals surface area contributed by atoms with Gasteiger partial charge in [-0.2, -0.15) is 0 Å². The first-order valence-electron chi connectivity index (χ1n) is 22.0. The van der Waals surface area contributed by atoms with Crippen molar-refractivity contribution in [1.29, 1.82) is 0 Å². The van der Waals surface area contributed by atoms with Crippen molar-refractivity contribution in [2.45, 2.75) is 58.2 Å². The minimum atomic E-state index is -0.813. The molecule has 0 aliphatic rings. The van der Waals surface area contributed by atoms with Crippen LogP contribution in [-0.4, -0.2) is 81.4 Å². The highest BCUT2D eigenvalue weighted by Crippen LogP contribution is 2.18. The maximum atomic E-state index is 14.2. The third kappa shape index (κ3) is 17.2. The van der Waals surface area contributed by atoms with Crippen LogP contribution in [0.2, 0.25) is 0 Å². The van der Waals surface area contributed by atoms with Gasteiger partial charge in [-0.25, -0.2) is 4.79 Å². The molecule has 13 heteroatoms. The van der Waals surface area contributed by atoms with E-state index < -0.39 is 35.7 Å². The third-order valence-electron chi connectivity index (χ3n) is 10.0. The van der Waals surface area contributed by atoms with Gasteiger partial charge >= 0.3 is 5.97 Å². The standard InChI is InChI=1S/C53H58N2O11/c1-2-63-53(58)48-28-49(55-52(57)50(48)66-33-44-26-16-7-17-27-44)51(56)54-45(34-64-46(36-59-29-40-18-8-3-9-19-40)37-60-30-41-20-10-4-11-21-41)35-65-47(38-61-31-42-22-12-5-13-23-42)39-62-32-43-24-14-6-15-25-43/h3-28,45-47H,2,29-39H2,1H3,(H,54,56)(H,55,57). The zero-order valence-electron chi connectivity index (χ0n) is 37.2. The fourth-order valence-corrected chi connectivity index (χ4v) is 6.62. The SMILES string of the molecule is CCOC(=O)c1cc(C(=O)NC(COC(COCc2ccccc2)COCc2ccccc2)COC(COCc2ccccc2)COCc2ccccc2)[nH]c(=O)c1OCc1ccccc1. The van der Waals surface area contributed by atoms with Crippen LogP contribution in [0.1, 0.15) is 55.6 Å². The molecule has 0 bridgehead atoms. The molecule has 346 valence electrons. The number of hydrogen-bond acceptors (Lipinski definition) is 11. The lowest BCUT2D eigenvalue weighted by Crippen LogP contribution is -2.45. The van der Waals surface area contributed by atoms with Crippen LogP contribution < -0.4 is 15.6 Å². The first kappa shape index (κ1) is 49.0. The Morgan fingerprint density at radius 1 is 0.515 bits per heavy atom. The number of ether oxygens (including phenoxy) is 8. The summed E-state index contributed by atoms with van der Waals surface area (Å²) in [4.78, 5) is 43.5. The number of carbonyl (C=O) groups excluding carboxylic acids is 2. The lowest BCUT2D eigenvalue weighted by atomic mass is 10.2. The first-order valence-corrected chi connectivity index (χ1v) is 22.0. The smallest absolute Gasteiger partial charge is 0.342 e. The minimum Gasteiger partial charge on any atom is -0.482 e. The van der Waals surface area contributed by atoms with Crippen molar-refractivity contribution in [3.63, 3.8) is 0 Å². The second kappa shape index (κ2) is 27.8. The summed E-state index contributed by atoms with van der Waals surface area (Å²) < 4.78 is 48.5. The van der Waals surface area contributed by atoms with Crippen molar-refractivity contribution < 1.29 is 47.5 Å². The molecule has 0 spiro atoms. The van der Waals surface area contributed by atoms with E-state index >= 15 is 0 Å². The van der Waals surface area contributed by atoms with E-state index in [1.807, 2.05) is 152 Å². The van der Waals surface area contributed by atoms with Gasteiger partial charge in [-0.05, 0) is 40.8 Å². The predicted octanol–water partition coefficient (Wildman–Crippen LogP) is 7.87. The summed E-state index contributed by atoms with van der Waals surface area (Å²) in [5.41, 5.74) is 3.63. The summed E-state index contributed by atoms with van der Waals surface area (Å²) >= 11 is 0. The summed E-state index contributed by atoms with van der Waals surface area (Å²) in [5, 5.41) is 2.96. The first-order chi connectivity index (χ1) is 32.4. The molecule has 1 aromatic heterocycles. The molecule has 0 fully saturated rings. The Morgan fingerprint density at radius 3 is 1.24 bits per heavy atom. The Morgan fingerprint density at radius 2 is 0.879 bits per heavy atom. The van der Waals surface area contributed by atoms with Crippen molar-refractivity contribution in [3.05, 3.63) is 207 Å². The largest absolute Gasteiger partial charge is 0.482 e. The van der Waals surface area contributed by atoms with Crippen LogP contribution in [-0.2, 0) is 66.2 Å². The highest BCUT2D eigenvalue weighted by atomic mass is 16.6. The van der Waals surface area contributed by atoms with Crippen LogP contribution in [0.25, 0.3) is 0 Å². The van der Waals surface area contributed by atoms with Gasteiger partial charge in [0.05, 0.1) is 78.7 Å². The molecule has 13 nitrogen and oxygen atoms in total. The number of pyridine rings is 1. The van der Waals surface area contributed by atoms with Crippen molar-refractivity contribution in [2.24, 2.45) is 0 Å². The van der Waals surface area contributed by atoms with E-state index in [0.717, 1.165) is 27.8 Å². The summed E-state index contributed by atoms with van der Waals surface area (Å²) in [5.74, 6) is -1.77. The van der Waals surface area contributed by atoms with E-state index in [4.69, 9.17) is 37.9 Å². The molecule has 0 saturated carbocycles. The maximum Gasteiger partial charge on any atom is 0.342 e. The predicted molar refractivity (Wildman–Crippen MR) is 249 cm³/mol. The quantitative estimate of drug-likeness (QED) is 0.0443. The molecule has 0 unspecified atom stereocenters. The second-order valence-corrected chi connectivity index (χ2v) is 15.3. The topological polar surface area (TPSA) is 153 Å². The minimum absolute atomic E-state index is 0.00913. The molecule has 1 heterocycles. The van der Waals surface area contributed by atoms with E-state index in [1.165, 1.54) is 6.07 Å². The maximum absolute atomic E-state index is 14.2. The fourth-order valence-electron chi connectivity index (χ4n) is 6.62. The third-order valence-corrected chi connectivity index (χ3v) is 10.0. The number of amides is 1. The average Bonchev–Trinajstić information content (AvgIpc) is 3.35. The monoisotopic (exact) mass is 898 g/mol. The van der Waals surface area contributed by atoms with Gasteiger partial charge in [0.15, 0.2) is 5.75 Å². The lowest BCUT2D eigenvalue weighted by molar-refractivity contribution is -0.0928. The van der Waals surface area contributed by atoms with Crippen molar-refractivity contribution >= 4 is 11.9 Å². The van der Waals surface area contributed by atoms with Crippen molar-refractivity contribution in [3.8, 4) is 5.75 Å². The van der Waals surface area contributed by atoms with Crippen LogP contribution in [0.5, 0.6) is 5.75 Å². The molecular weight excluding hydrogens is 841 g/mol. The average molecular weight is 899 g/mol. The molecule has 0 aliphatic carbocycles. The Labute approximate surface area is 385 Å². The molecule has 0 atom stereocenters. The molecule has 0 aliphatic heterocycles. The number of aromatic nitrogens is 1. The van der Waals surface area contributed by atoms with Gasteiger partial charge in [-0.1, -0.05) is 152 Å². The molecular formula is C53H58N2O11. The van der Waals surface area contributed by atoms with Crippen LogP contribution in [0, 0.1) is 0 Å². The Hall–Kier alpha value is -6.45. The van der Waals surface area contributed by atoms with Gasteiger partial charge in [0, 0.05) is 0 Å². The Kier molecular flexibility index (Phi) is 20.6. The van der Waals surface area contributed by atoms with Gasteiger partial charge in [0.25, 0.3) is 11.5 Å². The van der Waals surface area contributed by atoms with Crippen LogP contribution in [0.15, 0.2) is 163 Å². The van der Waals surface area contributed by atoms with Crippen LogP contribution >= 0.6 is 0 Å². The number of aromatic amines is 1. The molecule has 0 radical (unpaired) electrons. The van der Waals surface area contributed by atoms with E-state index in [1.54, 1.807) is 6.92 Å². The van der Waals surface area contributed by atoms with Gasteiger partial charge in [0.2, 0.25) is 0 Å².